The Kier molecular flexibility index (Phi) is 7.79. The van der Waals surface area contributed by atoms with E-state index in [1.807, 2.05) is 42.2 Å². The van der Waals surface area contributed by atoms with Crippen molar-refractivity contribution >= 4 is 29.3 Å². The normalized spacial score (nSPS) is 16.8. The lowest BCUT2D eigenvalue weighted by molar-refractivity contribution is -0.140. The van der Waals surface area contributed by atoms with Crippen LogP contribution in [-0.2, 0) is 19.1 Å². The first-order chi connectivity index (χ1) is 13.0. The zero-order valence-electron chi connectivity index (χ0n) is 16.0. The molecular weight excluding hydrogens is 364 g/mol. The summed E-state index contributed by atoms with van der Waals surface area (Å²) in [7, 11) is 2.78. The maximum Gasteiger partial charge on any atom is 0.337 e. The van der Waals surface area contributed by atoms with Gasteiger partial charge in [0.15, 0.2) is 5.11 Å². The number of unbranched alkanes of at least 4 members (excludes halogenated alkanes) is 2. The highest BCUT2D eigenvalue weighted by Gasteiger charge is 2.34. The van der Waals surface area contributed by atoms with Crippen molar-refractivity contribution in [3.05, 3.63) is 47.2 Å². The van der Waals surface area contributed by atoms with Gasteiger partial charge in [0.2, 0.25) is 0 Å². The number of methoxy groups -OCH3 is 2. The molecule has 1 atom stereocenters. The Hall–Kier alpha value is -2.41. The summed E-state index contributed by atoms with van der Waals surface area (Å²) < 4.78 is 9.67. The first-order valence-corrected chi connectivity index (χ1v) is 9.39. The molecule has 0 fully saturated rings. The van der Waals surface area contributed by atoms with Gasteiger partial charge in [-0.3, -0.25) is 4.79 Å². The smallest absolute Gasteiger partial charge is 0.337 e. The molecule has 146 valence electrons. The number of benzene rings is 1. The Bertz CT molecular complexity index is 718. The molecule has 1 aliphatic rings. The van der Waals surface area contributed by atoms with Crippen LogP contribution in [0.15, 0.2) is 41.6 Å². The van der Waals surface area contributed by atoms with Crippen LogP contribution in [0.3, 0.4) is 0 Å². The highest BCUT2D eigenvalue weighted by atomic mass is 32.1. The number of nitrogens with one attached hydrogen (secondary N) is 1. The monoisotopic (exact) mass is 390 g/mol. The third kappa shape index (κ3) is 5.29. The average molecular weight is 391 g/mol. The molecule has 0 bridgehead atoms. The maximum atomic E-state index is 12.5. The molecule has 0 aliphatic carbocycles. The van der Waals surface area contributed by atoms with Crippen LogP contribution in [0.2, 0.25) is 0 Å². The molecule has 1 aromatic carbocycles. The standard InChI is InChI=1S/C20H26N2O4S/c1-14-17(19(24)26-3)18(15-10-6-4-7-11-15)21-20(27)22(14)13-9-5-8-12-16(23)25-2/h4,6-7,10-11,18H,5,8-9,12-13H2,1-3H3,(H,21,27)/t18-/m1/s1. The number of carbonyl (C=O) groups excluding carboxylic acids is 2. The highest BCUT2D eigenvalue weighted by molar-refractivity contribution is 7.80. The second-order valence-corrected chi connectivity index (χ2v) is 6.71. The van der Waals surface area contributed by atoms with Crippen molar-refractivity contribution in [1.29, 1.82) is 0 Å². The van der Waals surface area contributed by atoms with Crippen molar-refractivity contribution in [3.8, 4) is 0 Å². The molecule has 0 amide bonds. The van der Waals surface area contributed by atoms with Crippen LogP contribution in [0.5, 0.6) is 0 Å². The van der Waals surface area contributed by atoms with E-state index in [0.717, 1.165) is 30.5 Å². The first kappa shape index (κ1) is 20.9. The molecule has 27 heavy (non-hydrogen) atoms. The predicted octanol–water partition coefficient (Wildman–Crippen LogP) is 3.10. The van der Waals surface area contributed by atoms with E-state index in [0.29, 0.717) is 23.7 Å². The van der Waals surface area contributed by atoms with Crippen molar-refractivity contribution in [1.82, 2.24) is 10.2 Å². The van der Waals surface area contributed by atoms with E-state index in [1.54, 1.807) is 0 Å². The molecule has 7 heteroatoms. The Balaban J connectivity index is 2.13. The molecule has 0 radical (unpaired) electrons. The Labute approximate surface area is 165 Å². The van der Waals surface area contributed by atoms with E-state index in [-0.39, 0.29) is 18.0 Å². The van der Waals surface area contributed by atoms with Crippen LogP contribution in [0.4, 0.5) is 0 Å². The lowest BCUT2D eigenvalue weighted by Crippen LogP contribution is -2.48. The molecule has 6 nitrogen and oxygen atoms in total. The van der Waals surface area contributed by atoms with Crippen LogP contribution >= 0.6 is 12.2 Å². The van der Waals surface area contributed by atoms with Gasteiger partial charge in [0.05, 0.1) is 25.8 Å². The number of hydrogen-bond acceptors (Lipinski definition) is 5. The van der Waals surface area contributed by atoms with Crippen molar-refractivity contribution in [2.45, 2.75) is 38.6 Å². The molecule has 1 aromatic rings. The van der Waals surface area contributed by atoms with Crippen molar-refractivity contribution in [2.75, 3.05) is 20.8 Å². The second-order valence-electron chi connectivity index (χ2n) is 6.32. The lowest BCUT2D eigenvalue weighted by Gasteiger charge is -2.37. The highest BCUT2D eigenvalue weighted by Crippen LogP contribution is 2.31. The third-order valence-electron chi connectivity index (χ3n) is 4.62. The number of thiocarbonyl (C=S) groups is 1. The number of ether oxygens (including phenoxy) is 2. The fraction of sp³-hybridized carbons (Fsp3) is 0.450. The second kappa shape index (κ2) is 10.1. The van der Waals surface area contributed by atoms with Crippen LogP contribution < -0.4 is 5.32 Å². The molecule has 1 heterocycles. The molecule has 0 spiro atoms. The number of hydrogen-bond donors (Lipinski definition) is 1. The number of esters is 2. The van der Waals surface area contributed by atoms with Crippen molar-refractivity contribution in [2.24, 2.45) is 0 Å². The van der Waals surface area contributed by atoms with E-state index in [4.69, 9.17) is 17.0 Å². The van der Waals surface area contributed by atoms with Gasteiger partial charge in [-0.25, -0.2) is 4.79 Å². The van der Waals surface area contributed by atoms with Crippen LogP contribution in [-0.4, -0.2) is 42.7 Å². The zero-order valence-corrected chi connectivity index (χ0v) is 16.8. The lowest BCUT2D eigenvalue weighted by atomic mass is 9.95. The van der Waals surface area contributed by atoms with Crippen LogP contribution in [0.25, 0.3) is 0 Å². The minimum Gasteiger partial charge on any atom is -0.469 e. The minimum absolute atomic E-state index is 0.195. The zero-order chi connectivity index (χ0) is 19.8. The van der Waals surface area contributed by atoms with Crippen LogP contribution in [0.1, 0.15) is 44.2 Å². The van der Waals surface area contributed by atoms with E-state index in [1.165, 1.54) is 14.2 Å². The molecule has 1 N–H and O–H groups in total. The third-order valence-corrected chi connectivity index (χ3v) is 4.96. The molecule has 2 rings (SSSR count). The quantitative estimate of drug-likeness (QED) is 0.416. The van der Waals surface area contributed by atoms with Gasteiger partial charge in [-0.15, -0.1) is 0 Å². The van der Waals surface area contributed by atoms with Crippen molar-refractivity contribution in [3.63, 3.8) is 0 Å². The molecule has 0 aromatic heterocycles. The molecule has 1 aliphatic heterocycles. The SMILES string of the molecule is COC(=O)CCCCCN1C(=S)N[C@H](c2ccccc2)C(C(=O)OC)=C1C. The summed E-state index contributed by atoms with van der Waals surface area (Å²) in [6, 6.07) is 9.37. The van der Waals surface area contributed by atoms with Gasteiger partial charge in [0.1, 0.15) is 0 Å². The van der Waals surface area contributed by atoms with E-state index >= 15 is 0 Å². The van der Waals surface area contributed by atoms with Gasteiger partial charge in [-0.1, -0.05) is 36.8 Å². The summed E-state index contributed by atoms with van der Waals surface area (Å²) in [5, 5.41) is 3.86. The van der Waals surface area contributed by atoms with Gasteiger partial charge in [0.25, 0.3) is 0 Å². The fourth-order valence-electron chi connectivity index (χ4n) is 3.14. The maximum absolute atomic E-state index is 12.5. The number of nitrogens with zero attached hydrogens (tertiary/aromatic N) is 1. The summed E-state index contributed by atoms with van der Waals surface area (Å²) in [5.74, 6) is -0.563. The summed E-state index contributed by atoms with van der Waals surface area (Å²) in [6.07, 6.45) is 2.90. The molecule has 0 unspecified atom stereocenters. The minimum atomic E-state index is -0.368. The van der Waals surface area contributed by atoms with Gasteiger partial charge < -0.3 is 19.7 Å². The fourth-order valence-corrected chi connectivity index (χ4v) is 3.48. The van der Waals surface area contributed by atoms with Crippen molar-refractivity contribution < 1.29 is 19.1 Å². The first-order valence-electron chi connectivity index (χ1n) is 8.98. The summed E-state index contributed by atoms with van der Waals surface area (Å²) in [5.41, 5.74) is 2.32. The summed E-state index contributed by atoms with van der Waals surface area (Å²) >= 11 is 5.55. The Morgan fingerprint density at radius 2 is 1.81 bits per heavy atom. The Morgan fingerprint density at radius 1 is 1.11 bits per heavy atom. The van der Waals surface area contributed by atoms with Gasteiger partial charge in [-0.05, 0) is 37.5 Å². The predicted molar refractivity (Wildman–Crippen MR) is 107 cm³/mol. The molecule has 0 saturated carbocycles. The summed E-state index contributed by atoms with van der Waals surface area (Å²) in [4.78, 5) is 25.6. The Morgan fingerprint density at radius 3 is 2.44 bits per heavy atom. The van der Waals surface area contributed by atoms with Gasteiger partial charge >= 0.3 is 11.9 Å². The van der Waals surface area contributed by atoms with Gasteiger partial charge in [-0.2, -0.15) is 0 Å². The topological polar surface area (TPSA) is 67.9 Å². The number of rotatable bonds is 8. The summed E-state index contributed by atoms with van der Waals surface area (Å²) in [6.45, 7) is 2.56. The van der Waals surface area contributed by atoms with Gasteiger partial charge in [0, 0.05) is 18.7 Å². The molecular formula is C20H26N2O4S. The number of allylic oxidation sites excluding steroid dienone is 1. The van der Waals surface area contributed by atoms with Crippen LogP contribution in [0, 0.1) is 0 Å². The largest absolute Gasteiger partial charge is 0.469 e. The average Bonchev–Trinajstić information content (AvgIpc) is 2.69. The van der Waals surface area contributed by atoms with E-state index in [2.05, 4.69) is 10.1 Å². The number of carbonyl (C=O) groups is 2. The van der Waals surface area contributed by atoms with E-state index < -0.39 is 0 Å². The molecule has 0 saturated heterocycles. The van der Waals surface area contributed by atoms with E-state index in [9.17, 15) is 9.59 Å².